The molecule has 3 amide bonds. The Morgan fingerprint density at radius 2 is 1.91 bits per heavy atom. The second kappa shape index (κ2) is 11.2. The summed E-state index contributed by atoms with van der Waals surface area (Å²) in [5.41, 5.74) is -0.118. The molecule has 6 rings (SSSR count). The maximum absolute atomic E-state index is 14.6. The van der Waals surface area contributed by atoms with Crippen molar-refractivity contribution in [2.75, 3.05) is 9.80 Å². The Bertz CT molecular complexity index is 1680. The first kappa shape index (κ1) is 29.6. The van der Waals surface area contributed by atoms with Gasteiger partial charge in [-0.1, -0.05) is 29.8 Å². The van der Waals surface area contributed by atoms with Crippen molar-refractivity contribution in [3.8, 4) is 6.07 Å². The second-order valence-electron chi connectivity index (χ2n) is 11.6. The molecule has 3 aromatic rings. The van der Waals surface area contributed by atoms with Crippen LogP contribution in [0, 0.1) is 22.6 Å². The number of amides is 3. The molecule has 44 heavy (non-hydrogen) atoms. The van der Waals surface area contributed by atoms with E-state index in [1.807, 2.05) is 6.07 Å². The molecule has 3 aliphatic rings. The van der Waals surface area contributed by atoms with Gasteiger partial charge < -0.3 is 5.32 Å². The molecule has 3 heterocycles. The number of anilines is 2. The predicted molar refractivity (Wildman–Crippen MR) is 153 cm³/mol. The standard InChI is InChI=1S/C31H26ClF3N6O3/c32-23-4-2-1-3-22(23)27(28(43)39-20-11-30(12-20)16-31(34,35)17-30)40(21-10-19(33)14-37-15-21)29(44)24-5-6-26(42)41(24)25-9-18(13-36)7-8-38-25/h1-4,7-10,14-15,20,24,27H,5-6,11-12,16-17H2,(H,39,43)/t24?,27-/m0/s1. The Balaban J connectivity index is 1.39. The van der Waals surface area contributed by atoms with E-state index in [0.29, 0.717) is 12.8 Å². The fraction of sp³-hybridized carbons (Fsp3) is 0.355. The number of halogens is 4. The summed E-state index contributed by atoms with van der Waals surface area (Å²) in [6.07, 6.45) is 3.84. The summed E-state index contributed by atoms with van der Waals surface area (Å²) in [4.78, 5) is 52.1. The highest BCUT2D eigenvalue weighted by Crippen LogP contribution is 2.62. The Morgan fingerprint density at radius 3 is 2.59 bits per heavy atom. The Kier molecular flexibility index (Phi) is 7.53. The Morgan fingerprint density at radius 1 is 1.16 bits per heavy atom. The molecule has 0 radical (unpaired) electrons. The van der Waals surface area contributed by atoms with E-state index >= 15 is 0 Å². The van der Waals surface area contributed by atoms with Crippen LogP contribution in [0.5, 0.6) is 0 Å². The number of hydrogen-bond acceptors (Lipinski definition) is 6. The number of nitrogens with zero attached hydrogens (tertiary/aromatic N) is 5. The van der Waals surface area contributed by atoms with Gasteiger partial charge >= 0.3 is 0 Å². The fourth-order valence-corrected chi connectivity index (χ4v) is 6.96. The molecule has 2 aromatic heterocycles. The summed E-state index contributed by atoms with van der Waals surface area (Å²) in [7, 11) is 0. The van der Waals surface area contributed by atoms with Crippen molar-refractivity contribution in [3.63, 3.8) is 0 Å². The number of hydrogen-bond donors (Lipinski definition) is 1. The van der Waals surface area contributed by atoms with Crippen molar-refractivity contribution in [1.29, 1.82) is 5.26 Å². The van der Waals surface area contributed by atoms with Gasteiger partial charge in [0.1, 0.15) is 23.7 Å². The number of nitriles is 1. The molecule has 2 saturated carbocycles. The van der Waals surface area contributed by atoms with Gasteiger partial charge in [0.2, 0.25) is 17.7 Å². The van der Waals surface area contributed by atoms with Crippen LogP contribution in [-0.4, -0.2) is 45.7 Å². The molecular formula is C31H26ClF3N6O3. The van der Waals surface area contributed by atoms with E-state index < -0.39 is 53.0 Å². The molecule has 9 nitrogen and oxygen atoms in total. The zero-order valence-electron chi connectivity index (χ0n) is 23.2. The van der Waals surface area contributed by atoms with Crippen LogP contribution < -0.4 is 15.1 Å². The molecule has 1 saturated heterocycles. The van der Waals surface area contributed by atoms with Crippen molar-refractivity contribution in [1.82, 2.24) is 15.3 Å². The van der Waals surface area contributed by atoms with Gasteiger partial charge in [-0.05, 0) is 42.9 Å². The van der Waals surface area contributed by atoms with E-state index in [-0.39, 0.29) is 53.3 Å². The predicted octanol–water partition coefficient (Wildman–Crippen LogP) is 5.10. The third-order valence-electron chi connectivity index (χ3n) is 8.50. The van der Waals surface area contributed by atoms with Gasteiger partial charge in [-0.15, -0.1) is 0 Å². The minimum absolute atomic E-state index is 0.0120. The number of benzene rings is 1. The number of nitrogens with one attached hydrogen (secondary N) is 1. The lowest BCUT2D eigenvalue weighted by Crippen LogP contribution is -2.61. The van der Waals surface area contributed by atoms with Crippen molar-refractivity contribution in [2.24, 2.45) is 5.41 Å². The van der Waals surface area contributed by atoms with Crippen molar-refractivity contribution >= 4 is 40.8 Å². The van der Waals surface area contributed by atoms with Gasteiger partial charge in [0.05, 0.1) is 29.7 Å². The topological polar surface area (TPSA) is 119 Å². The smallest absolute Gasteiger partial charge is 0.251 e. The van der Waals surface area contributed by atoms with Gasteiger partial charge in [0.25, 0.3) is 5.91 Å². The van der Waals surface area contributed by atoms with Crippen LogP contribution in [0.15, 0.2) is 61.1 Å². The van der Waals surface area contributed by atoms with Crippen LogP contribution in [0.25, 0.3) is 0 Å². The third-order valence-corrected chi connectivity index (χ3v) is 8.85. The summed E-state index contributed by atoms with van der Waals surface area (Å²) in [5.74, 6) is -5.18. The average molecular weight is 623 g/mol. The summed E-state index contributed by atoms with van der Waals surface area (Å²) in [6.45, 7) is 0. The number of carbonyl (C=O) groups is 3. The monoisotopic (exact) mass is 622 g/mol. The number of pyridine rings is 2. The first-order valence-electron chi connectivity index (χ1n) is 14.0. The fourth-order valence-electron chi connectivity index (χ4n) is 6.72. The summed E-state index contributed by atoms with van der Waals surface area (Å²) < 4.78 is 41.8. The van der Waals surface area contributed by atoms with Gasteiger partial charge in [-0.3, -0.25) is 29.2 Å². The zero-order valence-corrected chi connectivity index (χ0v) is 24.0. The summed E-state index contributed by atoms with van der Waals surface area (Å²) >= 11 is 6.57. The molecule has 1 spiro atoms. The molecule has 1 N–H and O–H groups in total. The van der Waals surface area contributed by atoms with Gasteiger partial charge in [0, 0.05) is 48.2 Å². The quantitative estimate of drug-likeness (QED) is 0.391. The molecule has 2 aliphatic carbocycles. The molecule has 0 bridgehead atoms. The molecule has 3 fully saturated rings. The van der Waals surface area contributed by atoms with Crippen LogP contribution >= 0.6 is 11.6 Å². The minimum atomic E-state index is -2.70. The van der Waals surface area contributed by atoms with E-state index in [0.717, 1.165) is 17.2 Å². The van der Waals surface area contributed by atoms with Crippen molar-refractivity contribution < 1.29 is 27.6 Å². The normalized spacial score (nSPS) is 20.8. The van der Waals surface area contributed by atoms with Crippen LogP contribution in [0.1, 0.15) is 55.7 Å². The maximum atomic E-state index is 14.6. The van der Waals surface area contributed by atoms with Gasteiger partial charge in [-0.2, -0.15) is 5.26 Å². The lowest BCUT2D eigenvalue weighted by Gasteiger charge is -2.57. The number of alkyl halides is 2. The van der Waals surface area contributed by atoms with E-state index in [1.165, 1.54) is 29.4 Å². The van der Waals surface area contributed by atoms with Crippen LogP contribution in [0.2, 0.25) is 5.02 Å². The van der Waals surface area contributed by atoms with E-state index in [2.05, 4.69) is 15.3 Å². The zero-order chi connectivity index (χ0) is 31.2. The van der Waals surface area contributed by atoms with E-state index in [1.54, 1.807) is 24.3 Å². The highest BCUT2D eigenvalue weighted by molar-refractivity contribution is 6.31. The van der Waals surface area contributed by atoms with Crippen molar-refractivity contribution in [2.45, 2.75) is 62.6 Å². The molecule has 1 aromatic carbocycles. The van der Waals surface area contributed by atoms with Gasteiger partial charge in [0.15, 0.2) is 0 Å². The molecular weight excluding hydrogens is 597 g/mol. The maximum Gasteiger partial charge on any atom is 0.251 e. The minimum Gasteiger partial charge on any atom is -0.351 e. The summed E-state index contributed by atoms with van der Waals surface area (Å²) in [5, 5.41) is 12.4. The van der Waals surface area contributed by atoms with E-state index in [4.69, 9.17) is 11.6 Å². The number of rotatable bonds is 7. The first-order valence-corrected chi connectivity index (χ1v) is 14.4. The lowest BCUT2D eigenvalue weighted by atomic mass is 9.52. The third kappa shape index (κ3) is 5.48. The summed E-state index contributed by atoms with van der Waals surface area (Å²) in [6, 6.07) is 9.25. The molecule has 1 unspecified atom stereocenters. The van der Waals surface area contributed by atoms with Crippen LogP contribution in [0.4, 0.5) is 24.7 Å². The number of aromatic nitrogens is 2. The number of carbonyl (C=O) groups excluding carboxylic acids is 3. The highest BCUT2D eigenvalue weighted by atomic mass is 35.5. The first-order chi connectivity index (χ1) is 21.0. The molecule has 13 heteroatoms. The lowest BCUT2D eigenvalue weighted by molar-refractivity contribution is -0.198. The Hall–Kier alpha value is -4.50. The highest BCUT2D eigenvalue weighted by Gasteiger charge is 2.62. The molecule has 2 atom stereocenters. The molecule has 226 valence electrons. The van der Waals surface area contributed by atoms with Crippen molar-refractivity contribution in [3.05, 3.63) is 83.0 Å². The van der Waals surface area contributed by atoms with Crippen LogP contribution in [0.3, 0.4) is 0 Å². The second-order valence-corrected chi connectivity index (χ2v) is 12.1. The van der Waals surface area contributed by atoms with Crippen LogP contribution in [-0.2, 0) is 14.4 Å². The SMILES string of the molecule is N#Cc1ccnc(N2C(=O)CCC2C(=O)N(c2cncc(F)c2)[C@H](C(=O)NC2CC3(C2)CC(F)(F)C3)c2ccccc2Cl)c1. The van der Waals surface area contributed by atoms with E-state index in [9.17, 15) is 32.8 Å². The molecule has 1 aliphatic heterocycles. The Labute approximate surface area is 255 Å². The largest absolute Gasteiger partial charge is 0.351 e. The average Bonchev–Trinajstić information content (AvgIpc) is 3.35. The van der Waals surface area contributed by atoms with Gasteiger partial charge in [-0.25, -0.2) is 18.2 Å².